The van der Waals surface area contributed by atoms with Crippen molar-refractivity contribution in [3.05, 3.63) is 77.3 Å². The van der Waals surface area contributed by atoms with Crippen LogP contribution < -0.4 is 19.1 Å². The van der Waals surface area contributed by atoms with Crippen LogP contribution in [0.4, 0.5) is 11.4 Å². The second-order valence-corrected chi connectivity index (χ2v) is 10.7. The molecule has 0 spiro atoms. The number of carbonyl (C=O) groups excluding carboxylic acids is 1. The van der Waals surface area contributed by atoms with Gasteiger partial charge in [0.15, 0.2) is 6.61 Å². The van der Waals surface area contributed by atoms with E-state index in [1.807, 2.05) is 31.2 Å². The monoisotopic (exact) mass is 543 g/mol. The number of benzene rings is 3. The number of sulfonamides is 1. The molecule has 196 valence electrons. The minimum Gasteiger partial charge on any atom is -0.494 e. The fourth-order valence-corrected chi connectivity index (χ4v) is 5.40. The smallest absolute Gasteiger partial charge is 0.261 e. The lowest BCUT2D eigenvalue weighted by Crippen LogP contribution is -2.50. The molecule has 37 heavy (non-hydrogen) atoms. The summed E-state index contributed by atoms with van der Waals surface area (Å²) in [5, 5.41) is 0.686. The number of rotatable bonds is 9. The van der Waals surface area contributed by atoms with Crippen LogP contribution in [0.5, 0.6) is 11.5 Å². The highest BCUT2D eigenvalue weighted by atomic mass is 35.5. The number of nitrogens with one attached hydrogen (secondary N) is 1. The maximum atomic E-state index is 12.8. The Balaban J connectivity index is 1.31. The lowest BCUT2D eigenvalue weighted by atomic mass is 10.2. The van der Waals surface area contributed by atoms with Crippen molar-refractivity contribution in [2.24, 2.45) is 0 Å². The summed E-state index contributed by atoms with van der Waals surface area (Å²) in [7, 11) is -3.79. The Morgan fingerprint density at radius 3 is 2.35 bits per heavy atom. The molecule has 0 saturated carbocycles. The fraction of sp³-hybridized carbons (Fsp3) is 0.296. The van der Waals surface area contributed by atoms with E-state index in [1.54, 1.807) is 42.2 Å². The van der Waals surface area contributed by atoms with Gasteiger partial charge in [0.1, 0.15) is 11.5 Å². The molecular weight excluding hydrogens is 514 g/mol. The molecule has 8 nitrogen and oxygen atoms in total. The Bertz CT molecular complexity index is 1340. The van der Waals surface area contributed by atoms with Crippen LogP contribution in [-0.4, -0.2) is 58.6 Å². The molecule has 0 bridgehead atoms. The lowest BCUT2D eigenvalue weighted by Gasteiger charge is -2.36. The van der Waals surface area contributed by atoms with Gasteiger partial charge in [-0.2, -0.15) is 0 Å². The van der Waals surface area contributed by atoms with Crippen molar-refractivity contribution < 1.29 is 22.7 Å². The summed E-state index contributed by atoms with van der Waals surface area (Å²) in [6.07, 6.45) is 0. The number of hydrogen-bond acceptors (Lipinski definition) is 6. The number of ether oxygens (including phenoxy) is 2. The first-order valence-corrected chi connectivity index (χ1v) is 13.9. The standard InChI is InChI=1S/C27H30ClN3O5S/c1-3-35-24-9-7-22(8-10-24)29-37(33,34)25-11-12-26(20(2)17-25)36-19-27(32)31-15-13-30(14-16-31)23-6-4-5-21(28)18-23/h4-12,17-18,29H,3,13-16,19H2,1-2H3. The van der Waals surface area contributed by atoms with E-state index in [4.69, 9.17) is 21.1 Å². The quantitative estimate of drug-likeness (QED) is 0.425. The highest BCUT2D eigenvalue weighted by molar-refractivity contribution is 7.92. The normalized spacial score (nSPS) is 13.8. The summed E-state index contributed by atoms with van der Waals surface area (Å²) in [5.74, 6) is 1.02. The number of aryl methyl sites for hydroxylation is 1. The summed E-state index contributed by atoms with van der Waals surface area (Å²) < 4.78 is 39.4. The van der Waals surface area contributed by atoms with Crippen molar-refractivity contribution in [2.45, 2.75) is 18.7 Å². The second-order valence-electron chi connectivity index (χ2n) is 8.63. The van der Waals surface area contributed by atoms with Gasteiger partial charge in [-0.25, -0.2) is 8.42 Å². The number of piperazine rings is 1. The molecule has 4 rings (SSSR count). The minimum absolute atomic E-state index is 0.106. The van der Waals surface area contributed by atoms with Gasteiger partial charge in [-0.3, -0.25) is 9.52 Å². The van der Waals surface area contributed by atoms with Crippen molar-refractivity contribution in [3.8, 4) is 11.5 Å². The lowest BCUT2D eigenvalue weighted by molar-refractivity contribution is -0.133. The molecule has 0 aromatic heterocycles. The Labute approximate surface area is 222 Å². The van der Waals surface area contributed by atoms with Crippen LogP contribution in [0.1, 0.15) is 12.5 Å². The molecule has 3 aromatic rings. The number of nitrogens with zero attached hydrogens (tertiary/aromatic N) is 2. The highest BCUT2D eigenvalue weighted by Crippen LogP contribution is 2.25. The average Bonchev–Trinajstić information content (AvgIpc) is 2.89. The van der Waals surface area contributed by atoms with Gasteiger partial charge < -0.3 is 19.3 Å². The third-order valence-corrected chi connectivity index (χ3v) is 7.65. The first-order valence-electron chi connectivity index (χ1n) is 12.0. The number of carbonyl (C=O) groups is 1. The van der Waals surface area contributed by atoms with Gasteiger partial charge in [-0.15, -0.1) is 0 Å². The van der Waals surface area contributed by atoms with Crippen molar-refractivity contribution in [1.29, 1.82) is 0 Å². The Hall–Kier alpha value is -3.43. The van der Waals surface area contributed by atoms with Gasteiger partial charge >= 0.3 is 0 Å². The van der Waals surface area contributed by atoms with Gasteiger partial charge in [0.05, 0.1) is 11.5 Å². The van der Waals surface area contributed by atoms with E-state index >= 15 is 0 Å². The molecule has 1 amide bonds. The van der Waals surface area contributed by atoms with E-state index in [1.165, 1.54) is 12.1 Å². The zero-order valence-electron chi connectivity index (χ0n) is 20.8. The Morgan fingerprint density at radius 1 is 0.973 bits per heavy atom. The largest absolute Gasteiger partial charge is 0.494 e. The van der Waals surface area contributed by atoms with Crippen LogP contribution in [0.3, 0.4) is 0 Å². The molecule has 1 fully saturated rings. The topological polar surface area (TPSA) is 88.2 Å². The zero-order chi connectivity index (χ0) is 26.4. The molecule has 0 radical (unpaired) electrons. The molecular formula is C27H30ClN3O5S. The predicted molar refractivity (Wildman–Crippen MR) is 145 cm³/mol. The summed E-state index contributed by atoms with van der Waals surface area (Å²) in [6.45, 7) is 6.63. The number of amides is 1. The molecule has 0 aliphatic carbocycles. The average molecular weight is 544 g/mol. The first kappa shape index (κ1) is 26.6. The molecule has 1 aliphatic heterocycles. The predicted octanol–water partition coefficient (Wildman–Crippen LogP) is 4.58. The van der Waals surface area contributed by atoms with Gasteiger partial charge in [0, 0.05) is 42.6 Å². The minimum atomic E-state index is -3.79. The number of hydrogen-bond donors (Lipinski definition) is 1. The molecule has 0 unspecified atom stereocenters. The van der Waals surface area contributed by atoms with Crippen molar-refractivity contribution in [2.75, 3.05) is 49.0 Å². The maximum Gasteiger partial charge on any atom is 0.261 e. The summed E-state index contributed by atoms with van der Waals surface area (Å²) >= 11 is 6.09. The Kier molecular flexibility index (Phi) is 8.45. The van der Waals surface area contributed by atoms with Gasteiger partial charge in [0.2, 0.25) is 0 Å². The highest BCUT2D eigenvalue weighted by Gasteiger charge is 2.22. The van der Waals surface area contributed by atoms with E-state index in [0.717, 1.165) is 5.69 Å². The molecule has 10 heteroatoms. The summed E-state index contributed by atoms with van der Waals surface area (Å²) in [6, 6.07) is 19.0. The van der Waals surface area contributed by atoms with Gasteiger partial charge in [-0.1, -0.05) is 17.7 Å². The first-order chi connectivity index (χ1) is 17.7. The Morgan fingerprint density at radius 2 is 1.70 bits per heavy atom. The van der Waals surface area contributed by atoms with Crippen LogP contribution in [0.25, 0.3) is 0 Å². The van der Waals surface area contributed by atoms with Crippen molar-refractivity contribution in [1.82, 2.24) is 4.90 Å². The van der Waals surface area contributed by atoms with E-state index in [9.17, 15) is 13.2 Å². The second kappa shape index (κ2) is 11.7. The summed E-state index contributed by atoms with van der Waals surface area (Å²) in [4.78, 5) is 16.8. The molecule has 1 heterocycles. The molecule has 3 aromatic carbocycles. The van der Waals surface area contributed by atoms with Crippen LogP contribution >= 0.6 is 11.6 Å². The van der Waals surface area contributed by atoms with Crippen LogP contribution in [0, 0.1) is 6.92 Å². The summed E-state index contributed by atoms with van der Waals surface area (Å²) in [5.41, 5.74) is 2.09. The third kappa shape index (κ3) is 6.87. The van der Waals surface area contributed by atoms with Gasteiger partial charge in [0.25, 0.3) is 15.9 Å². The molecule has 1 aliphatic rings. The van der Waals surface area contributed by atoms with E-state index < -0.39 is 10.0 Å². The van der Waals surface area contributed by atoms with Crippen LogP contribution in [0.15, 0.2) is 71.6 Å². The maximum absolute atomic E-state index is 12.8. The SMILES string of the molecule is CCOc1ccc(NS(=O)(=O)c2ccc(OCC(=O)N3CCN(c4cccc(Cl)c4)CC3)c(C)c2)cc1. The molecule has 1 N–H and O–H groups in total. The van der Waals surface area contributed by atoms with Crippen molar-refractivity contribution >= 4 is 38.9 Å². The van der Waals surface area contributed by atoms with Crippen molar-refractivity contribution in [3.63, 3.8) is 0 Å². The van der Waals surface area contributed by atoms with Gasteiger partial charge in [-0.05, 0) is 80.1 Å². The number of anilines is 2. The van der Waals surface area contributed by atoms with Crippen LogP contribution in [-0.2, 0) is 14.8 Å². The fourth-order valence-electron chi connectivity index (χ4n) is 4.07. The van der Waals surface area contributed by atoms with Crippen LogP contribution in [0.2, 0.25) is 5.02 Å². The zero-order valence-corrected chi connectivity index (χ0v) is 22.4. The van der Waals surface area contributed by atoms with E-state index in [0.29, 0.717) is 60.6 Å². The van der Waals surface area contributed by atoms with E-state index in [2.05, 4.69) is 9.62 Å². The third-order valence-electron chi connectivity index (χ3n) is 6.03. The number of halogens is 1. The molecule has 1 saturated heterocycles. The molecule has 0 atom stereocenters. The van der Waals surface area contributed by atoms with E-state index in [-0.39, 0.29) is 17.4 Å².